The number of hydrogen-bond acceptors (Lipinski definition) is 7. The highest BCUT2D eigenvalue weighted by Crippen LogP contribution is 2.34. The maximum absolute atomic E-state index is 15.2. The Kier molecular flexibility index (Phi) is 8.14. The number of hydrogen-bond donors (Lipinski definition) is 2. The van der Waals surface area contributed by atoms with Gasteiger partial charge in [0.2, 0.25) is 5.95 Å². The van der Waals surface area contributed by atoms with Crippen LogP contribution in [0, 0.1) is 5.82 Å². The molecular weight excluding hydrogens is 545 g/mol. The molecule has 2 aromatic carbocycles. The van der Waals surface area contributed by atoms with Crippen molar-refractivity contribution < 1.29 is 17.6 Å². The Morgan fingerprint density at radius 2 is 1.76 bits per heavy atom. The van der Waals surface area contributed by atoms with Crippen molar-refractivity contribution in [1.29, 1.82) is 0 Å². The second-order valence-electron chi connectivity index (χ2n) is 11.1. The first-order valence-electron chi connectivity index (χ1n) is 13.8. The van der Waals surface area contributed by atoms with E-state index in [0.717, 1.165) is 37.3 Å². The Labute approximate surface area is 240 Å². The van der Waals surface area contributed by atoms with E-state index in [1.165, 1.54) is 29.2 Å². The largest absolute Gasteiger partial charge is 0.351 e. The molecule has 1 saturated carbocycles. The van der Waals surface area contributed by atoms with Crippen molar-refractivity contribution in [2.45, 2.75) is 69.1 Å². The number of nitrogens with one attached hydrogen (secondary N) is 2. The SMILES string of the molecule is CC(C)N1C(=O)N(c2ccc(NS(=O)(=O)c3ccccc3)c(F)c2)Cc2cnc(NC3CCC(N(C)C)CC3)nc21. The van der Waals surface area contributed by atoms with Crippen molar-refractivity contribution in [3.63, 3.8) is 0 Å². The highest BCUT2D eigenvalue weighted by molar-refractivity contribution is 7.92. The molecule has 2 aliphatic rings. The monoisotopic (exact) mass is 581 g/mol. The maximum Gasteiger partial charge on any atom is 0.330 e. The molecule has 10 nitrogen and oxygen atoms in total. The number of benzene rings is 2. The van der Waals surface area contributed by atoms with E-state index in [-0.39, 0.29) is 35.2 Å². The van der Waals surface area contributed by atoms with Crippen molar-refractivity contribution in [1.82, 2.24) is 14.9 Å². The van der Waals surface area contributed by atoms with Crippen molar-refractivity contribution in [3.8, 4) is 0 Å². The number of carbonyl (C=O) groups is 1. The molecule has 0 spiro atoms. The topological polar surface area (TPSA) is 111 Å². The van der Waals surface area contributed by atoms with Gasteiger partial charge in [0.1, 0.15) is 11.6 Å². The zero-order chi connectivity index (χ0) is 29.3. The van der Waals surface area contributed by atoms with Gasteiger partial charge in [0.05, 0.1) is 17.1 Å². The highest BCUT2D eigenvalue weighted by atomic mass is 32.2. The number of sulfonamides is 1. The fourth-order valence-corrected chi connectivity index (χ4v) is 6.48. The lowest BCUT2D eigenvalue weighted by Crippen LogP contribution is -2.51. The normalized spacial score (nSPS) is 19.4. The smallest absolute Gasteiger partial charge is 0.330 e. The van der Waals surface area contributed by atoms with Gasteiger partial charge in [0, 0.05) is 35.6 Å². The van der Waals surface area contributed by atoms with Gasteiger partial charge < -0.3 is 10.2 Å². The van der Waals surface area contributed by atoms with Crippen LogP contribution in [-0.2, 0) is 16.6 Å². The van der Waals surface area contributed by atoms with E-state index in [2.05, 4.69) is 34.0 Å². The van der Waals surface area contributed by atoms with Gasteiger partial charge in [-0.05, 0) is 84.0 Å². The third kappa shape index (κ3) is 6.13. The molecule has 2 heterocycles. The predicted molar refractivity (Wildman–Crippen MR) is 158 cm³/mol. The molecule has 5 rings (SSSR count). The highest BCUT2D eigenvalue weighted by Gasteiger charge is 2.35. The van der Waals surface area contributed by atoms with Crippen LogP contribution in [0.25, 0.3) is 0 Å². The standard InChI is InChI=1S/C29H36FN7O3S/c1-19(2)37-27-20(17-31-28(33-27)32-21-10-12-22(13-11-21)35(3)4)18-36(29(37)38)23-14-15-26(25(30)16-23)34-41(39,40)24-8-6-5-7-9-24/h5-9,14-17,19,21-22,34H,10-13,18H2,1-4H3,(H,31,32,33). The van der Waals surface area contributed by atoms with E-state index in [1.54, 1.807) is 29.3 Å². The Morgan fingerprint density at radius 3 is 2.39 bits per heavy atom. The van der Waals surface area contributed by atoms with Gasteiger partial charge in [0.25, 0.3) is 10.0 Å². The van der Waals surface area contributed by atoms with Crippen LogP contribution in [-0.4, -0.2) is 61.5 Å². The lowest BCUT2D eigenvalue weighted by atomic mass is 9.91. The number of halogens is 1. The first-order chi connectivity index (χ1) is 19.5. The van der Waals surface area contributed by atoms with Gasteiger partial charge in [-0.15, -0.1) is 0 Å². The van der Waals surface area contributed by atoms with E-state index in [9.17, 15) is 13.2 Å². The number of amides is 2. The summed E-state index contributed by atoms with van der Waals surface area (Å²) in [6.07, 6.45) is 5.96. The molecule has 3 aromatic rings. The lowest BCUT2D eigenvalue weighted by Gasteiger charge is -2.38. The van der Waals surface area contributed by atoms with E-state index >= 15 is 4.39 Å². The average molecular weight is 582 g/mol. The number of urea groups is 1. The minimum Gasteiger partial charge on any atom is -0.351 e. The summed E-state index contributed by atoms with van der Waals surface area (Å²) < 4.78 is 42.8. The summed E-state index contributed by atoms with van der Waals surface area (Å²) in [5.74, 6) is 0.231. The van der Waals surface area contributed by atoms with Gasteiger partial charge in [-0.3, -0.25) is 14.5 Å². The molecule has 1 fully saturated rings. The molecule has 1 aromatic heterocycles. The Morgan fingerprint density at radius 1 is 1.05 bits per heavy atom. The predicted octanol–water partition coefficient (Wildman–Crippen LogP) is 5.06. The van der Waals surface area contributed by atoms with Crippen molar-refractivity contribution >= 4 is 39.2 Å². The van der Waals surface area contributed by atoms with Gasteiger partial charge in [-0.1, -0.05) is 18.2 Å². The first-order valence-corrected chi connectivity index (χ1v) is 15.3. The van der Waals surface area contributed by atoms with Gasteiger partial charge in [0.15, 0.2) is 0 Å². The Bertz CT molecular complexity index is 1510. The lowest BCUT2D eigenvalue weighted by molar-refractivity contribution is 0.221. The van der Waals surface area contributed by atoms with Crippen molar-refractivity contribution in [3.05, 3.63) is 66.1 Å². The molecule has 1 aliphatic heterocycles. The summed E-state index contributed by atoms with van der Waals surface area (Å²) in [6, 6.07) is 12.0. The molecule has 12 heteroatoms. The van der Waals surface area contributed by atoms with Crippen LogP contribution in [0.2, 0.25) is 0 Å². The zero-order valence-corrected chi connectivity index (χ0v) is 24.5. The summed E-state index contributed by atoms with van der Waals surface area (Å²) in [6.45, 7) is 3.94. The Balaban J connectivity index is 1.35. The van der Waals surface area contributed by atoms with Crippen LogP contribution in [0.3, 0.4) is 0 Å². The van der Waals surface area contributed by atoms with Crippen molar-refractivity contribution in [2.24, 2.45) is 0 Å². The fraction of sp³-hybridized carbons (Fsp3) is 0.414. The van der Waals surface area contributed by atoms with Crippen LogP contribution in [0.4, 0.5) is 32.3 Å². The fourth-order valence-electron chi connectivity index (χ4n) is 5.39. The van der Waals surface area contributed by atoms with E-state index in [1.807, 2.05) is 13.8 Å². The summed E-state index contributed by atoms with van der Waals surface area (Å²) in [7, 11) is 0.257. The minimum atomic E-state index is -3.97. The number of aromatic nitrogens is 2. The summed E-state index contributed by atoms with van der Waals surface area (Å²) in [5, 5.41) is 3.45. The molecule has 0 unspecified atom stereocenters. The molecule has 0 saturated heterocycles. The quantitative estimate of drug-likeness (QED) is 0.383. The molecule has 0 bridgehead atoms. The molecular formula is C29H36FN7O3S. The molecule has 2 N–H and O–H groups in total. The number of fused-ring (bicyclic) bond motifs is 1. The summed E-state index contributed by atoms with van der Waals surface area (Å²) in [5.41, 5.74) is 0.822. The molecule has 0 atom stereocenters. The zero-order valence-electron chi connectivity index (χ0n) is 23.7. The molecule has 218 valence electrons. The third-order valence-corrected chi connectivity index (χ3v) is 9.06. The van der Waals surface area contributed by atoms with E-state index in [4.69, 9.17) is 4.98 Å². The van der Waals surface area contributed by atoms with Crippen LogP contribution in [0.1, 0.15) is 45.1 Å². The number of anilines is 4. The minimum absolute atomic E-state index is 0.0222. The van der Waals surface area contributed by atoms with Crippen LogP contribution in [0.5, 0.6) is 0 Å². The van der Waals surface area contributed by atoms with Gasteiger partial charge in [-0.2, -0.15) is 4.98 Å². The molecule has 2 amide bonds. The Hall–Kier alpha value is -3.77. The van der Waals surface area contributed by atoms with Gasteiger partial charge >= 0.3 is 6.03 Å². The second kappa shape index (κ2) is 11.6. The average Bonchev–Trinajstić information content (AvgIpc) is 2.94. The van der Waals surface area contributed by atoms with E-state index in [0.29, 0.717) is 23.5 Å². The van der Waals surface area contributed by atoms with Crippen LogP contribution < -0.4 is 19.8 Å². The van der Waals surface area contributed by atoms with E-state index < -0.39 is 15.8 Å². The van der Waals surface area contributed by atoms with Crippen LogP contribution >= 0.6 is 0 Å². The molecule has 0 radical (unpaired) electrons. The number of nitrogens with zero attached hydrogens (tertiary/aromatic N) is 5. The summed E-state index contributed by atoms with van der Waals surface area (Å²) >= 11 is 0. The van der Waals surface area contributed by atoms with Crippen molar-refractivity contribution in [2.75, 3.05) is 33.9 Å². The number of rotatable bonds is 8. The maximum atomic E-state index is 15.2. The molecule has 41 heavy (non-hydrogen) atoms. The molecule has 1 aliphatic carbocycles. The summed E-state index contributed by atoms with van der Waals surface area (Å²) in [4.78, 5) is 28.3. The number of carbonyl (C=O) groups excluding carboxylic acids is 1. The van der Waals surface area contributed by atoms with Gasteiger partial charge in [-0.25, -0.2) is 22.6 Å². The second-order valence-corrected chi connectivity index (χ2v) is 12.8. The third-order valence-electron chi connectivity index (χ3n) is 7.67. The first kappa shape index (κ1) is 28.7. The van der Waals surface area contributed by atoms with Crippen LogP contribution in [0.15, 0.2) is 59.6 Å².